The number of carbonyl (C=O) groups excluding carboxylic acids is 1. The lowest BCUT2D eigenvalue weighted by Gasteiger charge is -2.18. The van der Waals surface area contributed by atoms with Gasteiger partial charge in [-0.15, -0.1) is 0 Å². The molecular formula is C16H25NO3. The first-order valence-corrected chi connectivity index (χ1v) is 7.10. The largest absolute Gasteiger partial charge is 0.469 e. The number of aliphatic hydroxyl groups excluding tert-OH is 1. The van der Waals surface area contributed by atoms with Gasteiger partial charge in [0.2, 0.25) is 0 Å². The van der Waals surface area contributed by atoms with Crippen LogP contribution in [0.5, 0.6) is 0 Å². The van der Waals surface area contributed by atoms with Crippen molar-refractivity contribution >= 4 is 5.97 Å². The van der Waals surface area contributed by atoms with E-state index in [1.54, 1.807) is 0 Å². The van der Waals surface area contributed by atoms with Crippen molar-refractivity contribution in [2.75, 3.05) is 27.3 Å². The third kappa shape index (κ3) is 6.17. The number of rotatable bonds is 9. The molecule has 0 aliphatic rings. The number of aliphatic hydroxyl groups is 1. The van der Waals surface area contributed by atoms with Crippen molar-refractivity contribution < 1.29 is 14.6 Å². The lowest BCUT2D eigenvalue weighted by atomic mass is 10.0. The predicted octanol–water partition coefficient (Wildman–Crippen LogP) is 2.00. The zero-order chi connectivity index (χ0) is 14.8. The van der Waals surface area contributed by atoms with Crippen LogP contribution in [-0.2, 0) is 22.5 Å². The van der Waals surface area contributed by atoms with E-state index in [1.807, 2.05) is 18.2 Å². The van der Waals surface area contributed by atoms with Crippen LogP contribution in [0.15, 0.2) is 24.3 Å². The Balaban J connectivity index is 2.51. The number of hydrogen-bond acceptors (Lipinski definition) is 4. The summed E-state index contributed by atoms with van der Waals surface area (Å²) in [6.45, 7) is 2.09. The van der Waals surface area contributed by atoms with Gasteiger partial charge in [0, 0.05) is 13.2 Å². The van der Waals surface area contributed by atoms with Crippen LogP contribution in [0.3, 0.4) is 0 Å². The average molecular weight is 279 g/mol. The Bertz CT molecular complexity index is 406. The van der Waals surface area contributed by atoms with Crippen LogP contribution >= 0.6 is 0 Å². The van der Waals surface area contributed by atoms with E-state index >= 15 is 0 Å². The third-order valence-electron chi connectivity index (χ3n) is 3.32. The summed E-state index contributed by atoms with van der Waals surface area (Å²) < 4.78 is 4.73. The highest BCUT2D eigenvalue weighted by molar-refractivity contribution is 5.72. The molecule has 1 aromatic rings. The number of benzene rings is 1. The fourth-order valence-corrected chi connectivity index (χ4v) is 2.15. The summed E-state index contributed by atoms with van der Waals surface area (Å²) in [5.41, 5.74) is 2.20. The van der Waals surface area contributed by atoms with Crippen molar-refractivity contribution in [2.45, 2.75) is 32.2 Å². The third-order valence-corrected chi connectivity index (χ3v) is 3.32. The maximum Gasteiger partial charge on any atom is 0.309 e. The standard InChI is InChI=1S/C16H25NO3/c1-17(10-6-3-7-11-18)13-15-9-5-4-8-14(15)12-16(19)20-2/h4-5,8-9,18H,3,6-7,10-13H2,1-2H3. The molecule has 1 aromatic carbocycles. The van der Waals surface area contributed by atoms with Gasteiger partial charge >= 0.3 is 5.97 Å². The van der Waals surface area contributed by atoms with E-state index in [4.69, 9.17) is 9.84 Å². The predicted molar refractivity (Wildman–Crippen MR) is 79.4 cm³/mol. The molecule has 0 amide bonds. The molecule has 0 atom stereocenters. The number of carbonyl (C=O) groups is 1. The normalized spacial score (nSPS) is 10.8. The lowest BCUT2D eigenvalue weighted by Crippen LogP contribution is -2.20. The van der Waals surface area contributed by atoms with Crippen molar-refractivity contribution in [3.63, 3.8) is 0 Å². The van der Waals surface area contributed by atoms with E-state index < -0.39 is 0 Å². The second-order valence-corrected chi connectivity index (χ2v) is 5.04. The van der Waals surface area contributed by atoms with Crippen LogP contribution < -0.4 is 0 Å². The molecule has 0 aromatic heterocycles. The van der Waals surface area contributed by atoms with Crippen LogP contribution in [0.4, 0.5) is 0 Å². The highest BCUT2D eigenvalue weighted by Crippen LogP contribution is 2.13. The van der Waals surface area contributed by atoms with Gasteiger partial charge in [0.05, 0.1) is 13.5 Å². The summed E-state index contributed by atoms with van der Waals surface area (Å²) in [6.07, 6.45) is 3.32. The first-order valence-electron chi connectivity index (χ1n) is 7.10. The Kier molecular flexibility index (Phi) is 7.92. The molecule has 4 heteroatoms. The number of nitrogens with zero attached hydrogens (tertiary/aromatic N) is 1. The first-order chi connectivity index (χ1) is 9.67. The van der Waals surface area contributed by atoms with E-state index in [1.165, 1.54) is 12.7 Å². The Morgan fingerprint density at radius 1 is 1.20 bits per heavy atom. The maximum absolute atomic E-state index is 11.4. The van der Waals surface area contributed by atoms with Crippen LogP contribution in [0.1, 0.15) is 30.4 Å². The molecule has 0 aliphatic carbocycles. The minimum atomic E-state index is -0.206. The van der Waals surface area contributed by atoms with E-state index in [0.717, 1.165) is 37.9 Å². The van der Waals surface area contributed by atoms with Gasteiger partial charge in [-0.3, -0.25) is 4.79 Å². The molecule has 0 saturated carbocycles. The molecule has 0 bridgehead atoms. The van der Waals surface area contributed by atoms with Gasteiger partial charge in [-0.1, -0.05) is 24.3 Å². The van der Waals surface area contributed by atoms with Crippen LogP contribution in [0.2, 0.25) is 0 Å². The summed E-state index contributed by atoms with van der Waals surface area (Å²) in [5.74, 6) is -0.206. The van der Waals surface area contributed by atoms with Gasteiger partial charge in [-0.2, -0.15) is 0 Å². The summed E-state index contributed by atoms with van der Waals surface area (Å²) in [7, 11) is 3.49. The Hall–Kier alpha value is -1.39. The fourth-order valence-electron chi connectivity index (χ4n) is 2.15. The minimum Gasteiger partial charge on any atom is -0.469 e. The Morgan fingerprint density at radius 2 is 1.90 bits per heavy atom. The minimum absolute atomic E-state index is 0.206. The number of unbranched alkanes of at least 4 members (excludes halogenated alkanes) is 2. The van der Waals surface area contributed by atoms with E-state index in [9.17, 15) is 4.79 Å². The number of esters is 1. The Morgan fingerprint density at radius 3 is 2.55 bits per heavy atom. The molecule has 1 rings (SSSR count). The molecule has 0 aliphatic heterocycles. The van der Waals surface area contributed by atoms with Crippen molar-refractivity contribution in [3.05, 3.63) is 35.4 Å². The number of methoxy groups -OCH3 is 1. The molecule has 0 spiro atoms. The highest BCUT2D eigenvalue weighted by Gasteiger charge is 2.09. The van der Waals surface area contributed by atoms with E-state index in [2.05, 4.69) is 18.0 Å². The van der Waals surface area contributed by atoms with Gasteiger partial charge in [0.1, 0.15) is 0 Å². The second kappa shape index (κ2) is 9.50. The van der Waals surface area contributed by atoms with Crippen LogP contribution in [0, 0.1) is 0 Å². The molecule has 0 fully saturated rings. The number of hydrogen-bond donors (Lipinski definition) is 1. The lowest BCUT2D eigenvalue weighted by molar-refractivity contribution is -0.139. The molecule has 20 heavy (non-hydrogen) atoms. The SMILES string of the molecule is COC(=O)Cc1ccccc1CN(C)CCCCCO. The molecule has 0 radical (unpaired) electrons. The van der Waals surface area contributed by atoms with Gasteiger partial charge in [-0.25, -0.2) is 0 Å². The Labute approximate surface area is 121 Å². The van der Waals surface area contributed by atoms with Crippen molar-refractivity contribution in [1.29, 1.82) is 0 Å². The molecule has 4 nitrogen and oxygen atoms in total. The molecule has 0 saturated heterocycles. The summed E-state index contributed by atoms with van der Waals surface area (Å²) >= 11 is 0. The quantitative estimate of drug-likeness (QED) is 0.555. The zero-order valence-electron chi connectivity index (χ0n) is 12.5. The zero-order valence-corrected chi connectivity index (χ0v) is 12.5. The summed E-state index contributed by atoms with van der Waals surface area (Å²) in [6, 6.07) is 7.98. The van der Waals surface area contributed by atoms with Gasteiger partial charge < -0.3 is 14.7 Å². The number of ether oxygens (including phenoxy) is 1. The van der Waals surface area contributed by atoms with Crippen LogP contribution in [-0.4, -0.2) is 43.3 Å². The topological polar surface area (TPSA) is 49.8 Å². The van der Waals surface area contributed by atoms with Crippen molar-refractivity contribution in [1.82, 2.24) is 4.90 Å². The molecule has 112 valence electrons. The van der Waals surface area contributed by atoms with E-state index in [-0.39, 0.29) is 12.6 Å². The van der Waals surface area contributed by atoms with Gasteiger partial charge in [0.15, 0.2) is 0 Å². The maximum atomic E-state index is 11.4. The molecule has 1 N–H and O–H groups in total. The fraction of sp³-hybridized carbons (Fsp3) is 0.562. The summed E-state index contributed by atoms with van der Waals surface area (Å²) in [5, 5.41) is 8.75. The monoisotopic (exact) mass is 279 g/mol. The van der Waals surface area contributed by atoms with Crippen molar-refractivity contribution in [3.8, 4) is 0 Å². The molecular weight excluding hydrogens is 254 g/mol. The smallest absolute Gasteiger partial charge is 0.309 e. The first kappa shape index (κ1) is 16.7. The average Bonchev–Trinajstić information content (AvgIpc) is 2.45. The van der Waals surface area contributed by atoms with Crippen molar-refractivity contribution in [2.24, 2.45) is 0 Å². The van der Waals surface area contributed by atoms with Crippen LogP contribution in [0.25, 0.3) is 0 Å². The summed E-state index contributed by atoms with van der Waals surface area (Å²) in [4.78, 5) is 13.6. The molecule has 0 heterocycles. The van der Waals surface area contributed by atoms with Gasteiger partial charge in [0.25, 0.3) is 0 Å². The highest BCUT2D eigenvalue weighted by atomic mass is 16.5. The molecule has 0 unspecified atom stereocenters. The van der Waals surface area contributed by atoms with E-state index in [0.29, 0.717) is 6.42 Å². The second-order valence-electron chi connectivity index (χ2n) is 5.04. The van der Waals surface area contributed by atoms with Gasteiger partial charge in [-0.05, 0) is 44.0 Å².